The lowest BCUT2D eigenvalue weighted by molar-refractivity contribution is -0.123. The van der Waals surface area contributed by atoms with Crippen LogP contribution in [0.15, 0.2) is 47.7 Å². The quantitative estimate of drug-likeness (QED) is 0.640. The molecule has 3 N–H and O–H groups in total. The van der Waals surface area contributed by atoms with Crippen molar-refractivity contribution in [2.75, 3.05) is 19.6 Å². The van der Waals surface area contributed by atoms with E-state index in [2.05, 4.69) is 16.9 Å². The molecule has 1 spiro atoms. The molecule has 4 heteroatoms. The van der Waals surface area contributed by atoms with Gasteiger partial charge in [0.2, 0.25) is 0 Å². The van der Waals surface area contributed by atoms with Crippen LogP contribution in [0.1, 0.15) is 36.5 Å². The van der Waals surface area contributed by atoms with Crippen LogP contribution in [0.3, 0.4) is 0 Å². The largest absolute Gasteiger partial charge is 0.505 e. The molecule has 1 aliphatic heterocycles. The fourth-order valence-corrected chi connectivity index (χ4v) is 4.15. The van der Waals surface area contributed by atoms with Gasteiger partial charge in [0.05, 0.1) is 5.41 Å². The predicted octanol–water partition coefficient (Wildman–Crippen LogP) is 3.23. The first-order valence-corrected chi connectivity index (χ1v) is 9.28. The van der Waals surface area contributed by atoms with Gasteiger partial charge in [0, 0.05) is 12.1 Å². The van der Waals surface area contributed by atoms with E-state index in [0.717, 1.165) is 36.3 Å². The smallest absolute Gasteiger partial charge is 0.192 e. The molecular weight excluding hydrogens is 336 g/mol. The Morgan fingerprint density at radius 3 is 2.74 bits per heavy atom. The lowest BCUT2D eigenvalue weighted by Gasteiger charge is -2.44. The van der Waals surface area contributed by atoms with Crippen molar-refractivity contribution in [1.82, 2.24) is 4.90 Å². The number of aryl methyl sites for hydroxylation is 1. The number of aliphatic hydroxyl groups excluding tert-OH is 1. The number of carbonyl (C=O) groups is 1. The lowest BCUT2D eigenvalue weighted by atomic mass is 9.64. The Morgan fingerprint density at radius 1 is 1.41 bits per heavy atom. The number of carbonyl (C=O) groups excluding carboxylic acids is 1. The highest BCUT2D eigenvalue weighted by Gasteiger charge is 2.48. The van der Waals surface area contributed by atoms with E-state index in [9.17, 15) is 9.90 Å². The number of aliphatic hydroxyl groups is 1. The van der Waals surface area contributed by atoms with Gasteiger partial charge in [-0.2, -0.15) is 0 Å². The predicted molar refractivity (Wildman–Crippen MR) is 109 cm³/mol. The molecule has 0 amide bonds. The summed E-state index contributed by atoms with van der Waals surface area (Å²) in [6.45, 7) is 6.34. The average molecular weight is 362 g/mol. The second-order valence-corrected chi connectivity index (χ2v) is 7.36. The molecule has 0 unspecified atom stereocenters. The summed E-state index contributed by atoms with van der Waals surface area (Å²) < 4.78 is 0. The van der Waals surface area contributed by atoms with Gasteiger partial charge in [-0.3, -0.25) is 9.69 Å². The zero-order valence-corrected chi connectivity index (χ0v) is 16.0. The molecular formula is C23H26N2O2. The number of rotatable bonds is 3. The Bertz CT molecular complexity index is 891. The van der Waals surface area contributed by atoms with Crippen LogP contribution in [-0.4, -0.2) is 35.4 Å². The van der Waals surface area contributed by atoms with E-state index < -0.39 is 5.41 Å². The van der Waals surface area contributed by atoms with Gasteiger partial charge in [0.15, 0.2) is 5.78 Å². The SMILES string of the molecule is C#C/C=C\C(=C/C)CN1CCC2(CC1)C(=O)C(N)=C(O)c1cc(C)ccc12. The van der Waals surface area contributed by atoms with Crippen molar-refractivity contribution in [2.45, 2.75) is 32.1 Å². The highest BCUT2D eigenvalue weighted by Crippen LogP contribution is 2.45. The molecule has 4 nitrogen and oxygen atoms in total. The topological polar surface area (TPSA) is 66.6 Å². The highest BCUT2D eigenvalue weighted by molar-refractivity contribution is 6.10. The molecule has 0 atom stereocenters. The third kappa shape index (κ3) is 3.31. The fraction of sp³-hybridized carbons (Fsp3) is 0.348. The van der Waals surface area contributed by atoms with Crippen LogP contribution in [0, 0.1) is 19.3 Å². The Kier molecular flexibility index (Phi) is 5.25. The average Bonchev–Trinajstić information content (AvgIpc) is 2.69. The Balaban J connectivity index is 1.86. The van der Waals surface area contributed by atoms with Crippen LogP contribution in [0.2, 0.25) is 0 Å². The molecule has 0 bridgehead atoms. The van der Waals surface area contributed by atoms with Crippen LogP contribution < -0.4 is 5.73 Å². The highest BCUT2D eigenvalue weighted by atomic mass is 16.3. The third-order valence-electron chi connectivity index (χ3n) is 5.76. The Labute approximate surface area is 161 Å². The maximum absolute atomic E-state index is 13.1. The van der Waals surface area contributed by atoms with Gasteiger partial charge in [0.25, 0.3) is 0 Å². The number of likely N-dealkylation sites (tertiary alicyclic amines) is 1. The van der Waals surface area contributed by atoms with E-state index in [1.807, 2.05) is 38.1 Å². The number of nitrogens with two attached hydrogens (primary N) is 1. The molecule has 1 aromatic rings. The van der Waals surface area contributed by atoms with Gasteiger partial charge in [-0.05, 0) is 69.1 Å². The molecule has 27 heavy (non-hydrogen) atoms. The molecule has 3 rings (SSSR count). The second kappa shape index (κ2) is 7.46. The molecule has 0 aromatic heterocycles. The number of nitrogens with zero attached hydrogens (tertiary/aromatic N) is 1. The monoisotopic (exact) mass is 362 g/mol. The molecule has 2 aliphatic rings. The molecule has 1 saturated heterocycles. The van der Waals surface area contributed by atoms with Gasteiger partial charge in [-0.15, -0.1) is 6.42 Å². The second-order valence-electron chi connectivity index (χ2n) is 7.36. The summed E-state index contributed by atoms with van der Waals surface area (Å²) in [4.78, 5) is 15.4. The van der Waals surface area contributed by atoms with Crippen molar-refractivity contribution in [3.05, 3.63) is 64.4 Å². The normalized spacial score (nSPS) is 20.2. The van der Waals surface area contributed by atoms with Gasteiger partial charge < -0.3 is 10.8 Å². The zero-order chi connectivity index (χ0) is 19.6. The molecule has 1 fully saturated rings. The van der Waals surface area contributed by atoms with E-state index in [-0.39, 0.29) is 17.2 Å². The van der Waals surface area contributed by atoms with E-state index in [0.29, 0.717) is 18.4 Å². The van der Waals surface area contributed by atoms with E-state index in [4.69, 9.17) is 12.2 Å². The van der Waals surface area contributed by atoms with Gasteiger partial charge in [0.1, 0.15) is 11.5 Å². The van der Waals surface area contributed by atoms with Crippen LogP contribution in [0.4, 0.5) is 0 Å². The third-order valence-corrected chi connectivity index (χ3v) is 5.76. The Hall–Kier alpha value is -2.77. The number of hydrogen-bond donors (Lipinski definition) is 2. The number of terminal acetylenes is 1. The first-order chi connectivity index (χ1) is 12.9. The van der Waals surface area contributed by atoms with E-state index in [1.54, 1.807) is 6.08 Å². The van der Waals surface area contributed by atoms with Gasteiger partial charge in [-0.25, -0.2) is 0 Å². The van der Waals surface area contributed by atoms with Crippen LogP contribution >= 0.6 is 0 Å². The van der Waals surface area contributed by atoms with Crippen LogP contribution in [0.25, 0.3) is 5.76 Å². The number of piperidine rings is 1. The summed E-state index contributed by atoms with van der Waals surface area (Å²) in [5.41, 5.74) is 9.17. The first-order valence-electron chi connectivity index (χ1n) is 9.28. The molecule has 1 heterocycles. The van der Waals surface area contributed by atoms with Crippen LogP contribution in [0.5, 0.6) is 0 Å². The fourth-order valence-electron chi connectivity index (χ4n) is 4.15. The maximum Gasteiger partial charge on any atom is 0.192 e. The lowest BCUT2D eigenvalue weighted by Crippen LogP contribution is -2.51. The number of hydrogen-bond acceptors (Lipinski definition) is 4. The van der Waals surface area contributed by atoms with E-state index in [1.165, 1.54) is 0 Å². The minimum atomic E-state index is -0.638. The summed E-state index contributed by atoms with van der Waals surface area (Å²) >= 11 is 0. The minimum absolute atomic E-state index is 0.00681. The van der Waals surface area contributed by atoms with Crippen molar-refractivity contribution < 1.29 is 9.90 Å². The molecule has 0 radical (unpaired) electrons. The number of ketones is 1. The minimum Gasteiger partial charge on any atom is -0.505 e. The molecule has 140 valence electrons. The number of benzene rings is 1. The Morgan fingerprint density at radius 2 is 2.11 bits per heavy atom. The first kappa shape index (κ1) is 19.0. The van der Waals surface area contributed by atoms with Crippen molar-refractivity contribution in [2.24, 2.45) is 5.73 Å². The summed E-state index contributed by atoms with van der Waals surface area (Å²) in [5, 5.41) is 10.4. The summed E-state index contributed by atoms with van der Waals surface area (Å²) in [6.07, 6.45) is 12.4. The number of allylic oxidation sites excluding steroid dienone is 3. The molecule has 1 aromatic carbocycles. The zero-order valence-electron chi connectivity index (χ0n) is 16.0. The van der Waals surface area contributed by atoms with Crippen molar-refractivity contribution in [1.29, 1.82) is 0 Å². The summed E-state index contributed by atoms with van der Waals surface area (Å²) in [6, 6.07) is 5.89. The summed E-state index contributed by atoms with van der Waals surface area (Å²) in [7, 11) is 0. The molecule has 1 aliphatic carbocycles. The van der Waals surface area contributed by atoms with Crippen molar-refractivity contribution in [3.8, 4) is 12.3 Å². The summed E-state index contributed by atoms with van der Waals surface area (Å²) in [5.74, 6) is 2.29. The van der Waals surface area contributed by atoms with Crippen molar-refractivity contribution >= 4 is 11.5 Å². The van der Waals surface area contributed by atoms with E-state index >= 15 is 0 Å². The van der Waals surface area contributed by atoms with Gasteiger partial charge in [-0.1, -0.05) is 29.7 Å². The number of fused-ring (bicyclic) bond motifs is 2. The van der Waals surface area contributed by atoms with Crippen molar-refractivity contribution in [3.63, 3.8) is 0 Å². The maximum atomic E-state index is 13.1. The van der Waals surface area contributed by atoms with Crippen LogP contribution in [-0.2, 0) is 10.2 Å². The standard InChI is InChI=1S/C23H26N2O2/c1-4-6-7-17(5-2)15-25-12-10-23(11-13-25)19-9-8-16(3)14-18(19)21(26)20(24)22(23)27/h1,5-9,14,26H,10-13,15,24H2,2-3H3/b7-6-,17-5+. The number of Topliss-reactive ketones (excluding diaryl/α,β-unsaturated/α-hetero) is 1. The van der Waals surface area contributed by atoms with Gasteiger partial charge >= 0.3 is 0 Å². The molecule has 0 saturated carbocycles.